The van der Waals surface area contributed by atoms with Gasteiger partial charge in [-0.25, -0.2) is 4.98 Å². The fourth-order valence-electron chi connectivity index (χ4n) is 3.82. The molecular formula is C24H21ClN4O2S2. The van der Waals surface area contributed by atoms with Gasteiger partial charge in [-0.05, 0) is 41.8 Å². The van der Waals surface area contributed by atoms with Gasteiger partial charge in [-0.3, -0.25) is 14.5 Å². The van der Waals surface area contributed by atoms with Crippen LogP contribution in [0.2, 0.25) is 5.02 Å². The average molecular weight is 497 g/mol. The van der Waals surface area contributed by atoms with Gasteiger partial charge in [0, 0.05) is 31.7 Å². The molecule has 2 aromatic heterocycles. The first-order valence-electron chi connectivity index (χ1n) is 10.6. The topological polar surface area (TPSA) is 65.5 Å². The minimum absolute atomic E-state index is 0.0575. The number of thiazole rings is 1. The lowest BCUT2D eigenvalue weighted by Crippen LogP contribution is -2.48. The van der Waals surface area contributed by atoms with E-state index in [4.69, 9.17) is 16.6 Å². The van der Waals surface area contributed by atoms with Gasteiger partial charge in [0.25, 0.3) is 11.8 Å². The number of nitrogens with zero attached hydrogens (tertiary/aromatic N) is 3. The molecule has 0 aliphatic carbocycles. The van der Waals surface area contributed by atoms with Crippen molar-refractivity contribution in [1.29, 1.82) is 0 Å². The van der Waals surface area contributed by atoms with E-state index in [1.165, 1.54) is 16.0 Å². The Kier molecular flexibility index (Phi) is 6.41. The zero-order valence-corrected chi connectivity index (χ0v) is 20.1. The molecule has 2 amide bonds. The second-order valence-electron chi connectivity index (χ2n) is 7.77. The highest BCUT2D eigenvalue weighted by molar-refractivity contribution is 7.18. The lowest BCUT2D eigenvalue weighted by atomic mass is 10.1. The van der Waals surface area contributed by atoms with Crippen LogP contribution in [0.1, 0.15) is 25.0 Å². The monoisotopic (exact) mass is 496 g/mol. The fraction of sp³-hybridized carbons (Fsp3) is 0.208. The number of amides is 2. The molecule has 1 N–H and O–H groups in total. The number of carbonyl (C=O) groups is 2. The van der Waals surface area contributed by atoms with Crippen LogP contribution in [0, 0.1) is 0 Å². The Balaban J connectivity index is 1.21. The van der Waals surface area contributed by atoms with Crippen molar-refractivity contribution in [1.82, 2.24) is 14.8 Å². The molecule has 0 unspecified atom stereocenters. The van der Waals surface area contributed by atoms with Crippen molar-refractivity contribution in [3.05, 3.63) is 80.4 Å². The van der Waals surface area contributed by atoms with Crippen LogP contribution in [0.4, 0.5) is 5.69 Å². The molecule has 1 aliphatic rings. The van der Waals surface area contributed by atoms with E-state index < -0.39 is 0 Å². The molecule has 3 heterocycles. The van der Waals surface area contributed by atoms with Crippen LogP contribution in [0.5, 0.6) is 0 Å². The Labute approximate surface area is 204 Å². The minimum Gasteiger partial charge on any atom is -0.336 e. The number of piperazine rings is 1. The smallest absolute Gasteiger partial charge is 0.265 e. The number of rotatable bonds is 5. The van der Waals surface area contributed by atoms with Crippen LogP contribution >= 0.6 is 34.3 Å². The number of hydrogen-bond acceptors (Lipinski definition) is 6. The van der Waals surface area contributed by atoms with E-state index in [1.807, 2.05) is 34.5 Å². The predicted octanol–water partition coefficient (Wildman–Crippen LogP) is 5.22. The molecule has 9 heteroatoms. The summed E-state index contributed by atoms with van der Waals surface area (Å²) in [6.07, 6.45) is 0. The van der Waals surface area contributed by atoms with Gasteiger partial charge in [0.1, 0.15) is 5.01 Å². The van der Waals surface area contributed by atoms with Crippen LogP contribution in [0.3, 0.4) is 0 Å². The average Bonchev–Trinajstić information content (AvgIpc) is 3.50. The number of aromatic nitrogens is 1. The zero-order chi connectivity index (χ0) is 22.8. The van der Waals surface area contributed by atoms with E-state index >= 15 is 0 Å². The number of thiophene rings is 1. The first-order valence-corrected chi connectivity index (χ1v) is 12.6. The first kappa shape index (κ1) is 22.0. The van der Waals surface area contributed by atoms with Gasteiger partial charge in [0.05, 0.1) is 32.3 Å². The fourth-order valence-corrected chi connectivity index (χ4v) is 5.61. The van der Waals surface area contributed by atoms with Crippen molar-refractivity contribution in [2.45, 2.75) is 6.54 Å². The van der Waals surface area contributed by atoms with Crippen LogP contribution in [-0.2, 0) is 6.54 Å². The van der Waals surface area contributed by atoms with Gasteiger partial charge in [-0.1, -0.05) is 29.8 Å². The third-order valence-corrected chi connectivity index (χ3v) is 7.78. The number of para-hydroxylation sites is 1. The van der Waals surface area contributed by atoms with Crippen molar-refractivity contribution in [3.8, 4) is 0 Å². The first-order chi connectivity index (χ1) is 16.1. The number of anilines is 1. The van der Waals surface area contributed by atoms with E-state index in [2.05, 4.69) is 16.3 Å². The lowest BCUT2D eigenvalue weighted by molar-refractivity contribution is 0.0628. The Hall–Kier alpha value is -2.78. The molecule has 6 nitrogen and oxygen atoms in total. The van der Waals surface area contributed by atoms with E-state index in [-0.39, 0.29) is 11.8 Å². The number of halogens is 1. The zero-order valence-electron chi connectivity index (χ0n) is 17.7. The van der Waals surface area contributed by atoms with Gasteiger partial charge in [-0.2, -0.15) is 0 Å². The van der Waals surface area contributed by atoms with Crippen molar-refractivity contribution in [2.24, 2.45) is 0 Å². The largest absolute Gasteiger partial charge is 0.336 e. The quantitative estimate of drug-likeness (QED) is 0.411. The molecule has 33 heavy (non-hydrogen) atoms. The maximum atomic E-state index is 13.1. The summed E-state index contributed by atoms with van der Waals surface area (Å²) in [5, 5.41) is 6.15. The normalized spacial score (nSPS) is 14.5. The molecule has 0 bridgehead atoms. The lowest BCUT2D eigenvalue weighted by Gasteiger charge is -2.34. The van der Waals surface area contributed by atoms with Crippen molar-refractivity contribution >= 4 is 62.0 Å². The summed E-state index contributed by atoms with van der Waals surface area (Å²) in [4.78, 5) is 35.0. The highest BCUT2D eigenvalue weighted by Gasteiger charge is 2.23. The standard InChI is InChI=1S/C24H21ClN4O2S2/c25-17-8-7-16(14-19(17)27-23(30)21-6-3-13-32-21)24(31)29-11-9-28(10-12-29)15-22-26-18-4-1-2-5-20(18)33-22/h1-8,13-14H,9-12,15H2,(H,27,30). The van der Waals surface area contributed by atoms with E-state index in [0.29, 0.717) is 34.2 Å². The Morgan fingerprint density at radius 1 is 1.03 bits per heavy atom. The molecule has 1 aliphatic heterocycles. The third kappa shape index (κ3) is 4.94. The maximum absolute atomic E-state index is 13.1. The molecule has 0 spiro atoms. The Morgan fingerprint density at radius 3 is 2.61 bits per heavy atom. The summed E-state index contributed by atoms with van der Waals surface area (Å²) in [5.41, 5.74) is 1.99. The molecule has 1 fully saturated rings. The molecule has 0 saturated carbocycles. The predicted molar refractivity (Wildman–Crippen MR) is 135 cm³/mol. The molecule has 5 rings (SSSR count). The van der Waals surface area contributed by atoms with Gasteiger partial charge in [0.15, 0.2) is 0 Å². The minimum atomic E-state index is -0.236. The van der Waals surface area contributed by atoms with Gasteiger partial charge >= 0.3 is 0 Å². The molecule has 168 valence electrons. The van der Waals surface area contributed by atoms with Crippen LogP contribution < -0.4 is 5.32 Å². The third-order valence-electron chi connectivity index (χ3n) is 5.56. The van der Waals surface area contributed by atoms with Crippen molar-refractivity contribution in [3.63, 3.8) is 0 Å². The van der Waals surface area contributed by atoms with Gasteiger partial charge in [0.2, 0.25) is 0 Å². The van der Waals surface area contributed by atoms with E-state index in [0.717, 1.165) is 30.2 Å². The highest BCUT2D eigenvalue weighted by atomic mass is 35.5. The molecule has 1 saturated heterocycles. The van der Waals surface area contributed by atoms with Crippen LogP contribution in [0.15, 0.2) is 60.0 Å². The maximum Gasteiger partial charge on any atom is 0.265 e. The molecular weight excluding hydrogens is 476 g/mol. The summed E-state index contributed by atoms with van der Waals surface area (Å²) >= 11 is 9.34. The Bertz CT molecular complexity index is 1260. The second kappa shape index (κ2) is 9.61. The van der Waals surface area contributed by atoms with Crippen LogP contribution in [-0.4, -0.2) is 52.8 Å². The second-order valence-corrected chi connectivity index (χ2v) is 10.2. The number of carbonyl (C=O) groups excluding carboxylic acids is 2. The summed E-state index contributed by atoms with van der Waals surface area (Å²) in [6.45, 7) is 3.65. The number of hydrogen-bond donors (Lipinski definition) is 1. The SMILES string of the molecule is O=C(Nc1cc(C(=O)N2CCN(Cc3nc4ccccc4s3)CC2)ccc1Cl)c1cccs1. The summed E-state index contributed by atoms with van der Waals surface area (Å²) in [5.74, 6) is -0.294. The van der Waals surface area contributed by atoms with E-state index in [1.54, 1.807) is 35.6 Å². The molecule has 0 atom stereocenters. The van der Waals surface area contributed by atoms with Gasteiger partial charge in [-0.15, -0.1) is 22.7 Å². The highest BCUT2D eigenvalue weighted by Crippen LogP contribution is 2.26. The summed E-state index contributed by atoms with van der Waals surface area (Å²) < 4.78 is 1.20. The molecule has 4 aromatic rings. The molecule has 2 aromatic carbocycles. The summed E-state index contributed by atoms with van der Waals surface area (Å²) in [6, 6.07) is 16.8. The van der Waals surface area contributed by atoms with Crippen LogP contribution in [0.25, 0.3) is 10.2 Å². The number of benzene rings is 2. The number of nitrogens with one attached hydrogen (secondary N) is 1. The summed E-state index contributed by atoms with van der Waals surface area (Å²) in [7, 11) is 0. The van der Waals surface area contributed by atoms with Crippen molar-refractivity contribution < 1.29 is 9.59 Å². The number of fused-ring (bicyclic) bond motifs is 1. The Morgan fingerprint density at radius 2 is 1.85 bits per heavy atom. The van der Waals surface area contributed by atoms with Crippen molar-refractivity contribution in [2.75, 3.05) is 31.5 Å². The van der Waals surface area contributed by atoms with Gasteiger partial charge < -0.3 is 10.2 Å². The van der Waals surface area contributed by atoms with E-state index in [9.17, 15) is 9.59 Å². The molecule has 0 radical (unpaired) electrons.